The van der Waals surface area contributed by atoms with Crippen molar-refractivity contribution in [2.75, 3.05) is 0 Å². The van der Waals surface area contributed by atoms with E-state index in [9.17, 15) is 0 Å². The second-order valence-electron chi connectivity index (χ2n) is 3.64. The molecule has 0 aliphatic rings. The van der Waals surface area contributed by atoms with Gasteiger partial charge in [-0.2, -0.15) is 0 Å². The van der Waals surface area contributed by atoms with Gasteiger partial charge in [0.05, 0.1) is 0 Å². The molecule has 2 N–H and O–H groups in total. The molecule has 0 fully saturated rings. The monoisotopic (exact) mass is 234 g/mol. The van der Waals surface area contributed by atoms with Crippen LogP contribution >= 0.6 is 11.8 Å². The van der Waals surface area contributed by atoms with Gasteiger partial charge in [-0.1, -0.05) is 17.7 Å². The van der Waals surface area contributed by atoms with Gasteiger partial charge in [-0.3, -0.25) is 0 Å². The topological polar surface area (TPSA) is 56.7 Å². The van der Waals surface area contributed by atoms with Crippen LogP contribution in [0.3, 0.4) is 0 Å². The van der Waals surface area contributed by atoms with Gasteiger partial charge in [-0.25, -0.2) is 0 Å². The molecule has 0 aliphatic heterocycles. The number of aryl methyl sites for hydroxylation is 2. The number of benzene rings is 1. The summed E-state index contributed by atoms with van der Waals surface area (Å²) in [5.41, 5.74) is 8.10. The normalized spacial score (nSPS) is 10.7. The van der Waals surface area contributed by atoms with Crippen molar-refractivity contribution in [3.8, 4) is 0 Å². The van der Waals surface area contributed by atoms with E-state index in [0.717, 1.165) is 15.6 Å². The molecule has 1 heterocycles. The van der Waals surface area contributed by atoms with Crippen molar-refractivity contribution in [1.82, 2.24) is 14.8 Å². The van der Waals surface area contributed by atoms with Crippen LogP contribution in [0.4, 0.5) is 0 Å². The molecule has 0 spiro atoms. The maximum Gasteiger partial charge on any atom is 0.195 e. The first kappa shape index (κ1) is 11.2. The summed E-state index contributed by atoms with van der Waals surface area (Å²) in [7, 11) is 1.93. The fourth-order valence-electron chi connectivity index (χ4n) is 1.43. The van der Waals surface area contributed by atoms with Gasteiger partial charge in [0.2, 0.25) is 0 Å². The van der Waals surface area contributed by atoms with Crippen molar-refractivity contribution in [3.05, 3.63) is 35.7 Å². The number of aromatic nitrogens is 3. The van der Waals surface area contributed by atoms with Crippen LogP contribution in [0, 0.1) is 6.92 Å². The van der Waals surface area contributed by atoms with Crippen LogP contribution in [0.15, 0.2) is 34.6 Å². The van der Waals surface area contributed by atoms with Crippen LogP contribution in [0.1, 0.15) is 11.1 Å². The van der Waals surface area contributed by atoms with Gasteiger partial charge in [-0.05, 0) is 30.3 Å². The summed E-state index contributed by atoms with van der Waals surface area (Å²) < 4.78 is 1.89. The molecule has 1 aromatic carbocycles. The molecule has 0 saturated carbocycles. The second-order valence-corrected chi connectivity index (χ2v) is 4.65. The summed E-state index contributed by atoms with van der Waals surface area (Å²) in [6, 6.07) is 6.27. The molecule has 1 aromatic heterocycles. The molecule has 5 heteroatoms. The van der Waals surface area contributed by atoms with E-state index in [2.05, 4.69) is 35.3 Å². The standard InChI is InChI=1S/C11H14N4S/c1-8-3-4-10(9(5-8)6-12)16-11-14-13-7-15(11)2/h3-5,7H,6,12H2,1-2H3. The minimum Gasteiger partial charge on any atom is -0.326 e. The molecule has 0 atom stereocenters. The molecular formula is C11H14N4S. The molecule has 2 aromatic rings. The van der Waals surface area contributed by atoms with Crippen LogP contribution in [-0.4, -0.2) is 14.8 Å². The minimum atomic E-state index is 0.544. The first-order chi connectivity index (χ1) is 7.70. The molecule has 0 amide bonds. The van der Waals surface area contributed by atoms with Crippen molar-refractivity contribution in [1.29, 1.82) is 0 Å². The highest BCUT2D eigenvalue weighted by molar-refractivity contribution is 7.99. The largest absolute Gasteiger partial charge is 0.326 e. The highest BCUT2D eigenvalue weighted by Gasteiger charge is 2.07. The molecule has 0 aliphatic carbocycles. The van der Waals surface area contributed by atoms with Crippen molar-refractivity contribution >= 4 is 11.8 Å². The third-order valence-electron chi connectivity index (χ3n) is 2.31. The van der Waals surface area contributed by atoms with Gasteiger partial charge in [-0.15, -0.1) is 10.2 Å². The van der Waals surface area contributed by atoms with E-state index in [4.69, 9.17) is 5.73 Å². The van der Waals surface area contributed by atoms with Gasteiger partial charge in [0.15, 0.2) is 5.16 Å². The average Bonchev–Trinajstić information content (AvgIpc) is 2.67. The van der Waals surface area contributed by atoms with E-state index < -0.39 is 0 Å². The third-order valence-corrected chi connectivity index (χ3v) is 3.48. The quantitative estimate of drug-likeness (QED) is 0.878. The minimum absolute atomic E-state index is 0.544. The number of nitrogens with zero attached hydrogens (tertiary/aromatic N) is 3. The van der Waals surface area contributed by atoms with Gasteiger partial charge in [0.1, 0.15) is 6.33 Å². The van der Waals surface area contributed by atoms with E-state index in [0.29, 0.717) is 6.54 Å². The van der Waals surface area contributed by atoms with Gasteiger partial charge < -0.3 is 10.3 Å². The predicted octanol–water partition coefficient (Wildman–Crippen LogP) is 1.73. The summed E-state index contributed by atoms with van der Waals surface area (Å²) in [6.45, 7) is 2.61. The predicted molar refractivity (Wildman–Crippen MR) is 64.2 cm³/mol. The molecule has 16 heavy (non-hydrogen) atoms. The number of hydrogen-bond donors (Lipinski definition) is 1. The maximum absolute atomic E-state index is 5.73. The zero-order valence-corrected chi connectivity index (χ0v) is 10.2. The van der Waals surface area contributed by atoms with Gasteiger partial charge in [0.25, 0.3) is 0 Å². The molecule has 4 nitrogen and oxygen atoms in total. The van der Waals surface area contributed by atoms with Crippen molar-refractivity contribution in [2.45, 2.75) is 23.5 Å². The summed E-state index contributed by atoms with van der Waals surface area (Å²) in [4.78, 5) is 1.14. The van der Waals surface area contributed by atoms with E-state index in [-0.39, 0.29) is 0 Å². The first-order valence-electron chi connectivity index (χ1n) is 5.02. The molecule has 2 rings (SSSR count). The fourth-order valence-corrected chi connectivity index (χ4v) is 2.32. The number of nitrogens with two attached hydrogens (primary N) is 1. The van der Waals surface area contributed by atoms with Crippen LogP contribution in [0.25, 0.3) is 0 Å². The van der Waals surface area contributed by atoms with E-state index in [1.807, 2.05) is 11.6 Å². The highest BCUT2D eigenvalue weighted by atomic mass is 32.2. The van der Waals surface area contributed by atoms with Crippen LogP contribution in [0.5, 0.6) is 0 Å². The lowest BCUT2D eigenvalue weighted by molar-refractivity contribution is 0.788. The average molecular weight is 234 g/mol. The Balaban J connectivity index is 2.31. The van der Waals surface area contributed by atoms with Crippen LogP contribution < -0.4 is 5.73 Å². The molecule has 0 saturated heterocycles. The van der Waals surface area contributed by atoms with E-state index >= 15 is 0 Å². The SMILES string of the molecule is Cc1ccc(Sc2nncn2C)c(CN)c1. The van der Waals surface area contributed by atoms with Crippen molar-refractivity contribution < 1.29 is 0 Å². The smallest absolute Gasteiger partial charge is 0.195 e. The summed E-state index contributed by atoms with van der Waals surface area (Å²) in [5.74, 6) is 0. The highest BCUT2D eigenvalue weighted by Crippen LogP contribution is 2.28. The molecule has 0 radical (unpaired) electrons. The lowest BCUT2D eigenvalue weighted by Gasteiger charge is -2.07. The first-order valence-corrected chi connectivity index (χ1v) is 5.84. The van der Waals surface area contributed by atoms with Crippen molar-refractivity contribution in [2.24, 2.45) is 12.8 Å². The Bertz CT molecular complexity index is 492. The second kappa shape index (κ2) is 4.67. The Morgan fingerprint density at radius 1 is 1.44 bits per heavy atom. The lowest BCUT2D eigenvalue weighted by atomic mass is 10.1. The summed E-state index contributed by atoms with van der Waals surface area (Å²) in [6.07, 6.45) is 1.69. The zero-order valence-electron chi connectivity index (χ0n) is 9.34. The molecular weight excluding hydrogens is 220 g/mol. The molecule has 84 valence electrons. The van der Waals surface area contributed by atoms with E-state index in [1.54, 1.807) is 18.1 Å². The summed E-state index contributed by atoms with van der Waals surface area (Å²) in [5, 5.41) is 8.77. The Morgan fingerprint density at radius 2 is 2.25 bits per heavy atom. The summed E-state index contributed by atoms with van der Waals surface area (Å²) >= 11 is 1.59. The Hall–Kier alpha value is -1.33. The Morgan fingerprint density at radius 3 is 2.88 bits per heavy atom. The van der Waals surface area contributed by atoms with Crippen LogP contribution in [0.2, 0.25) is 0 Å². The Labute approximate surface area is 98.9 Å². The number of rotatable bonds is 3. The van der Waals surface area contributed by atoms with Gasteiger partial charge >= 0.3 is 0 Å². The third kappa shape index (κ3) is 2.25. The van der Waals surface area contributed by atoms with E-state index in [1.165, 1.54) is 5.56 Å². The Kier molecular flexibility index (Phi) is 3.26. The molecule has 0 bridgehead atoms. The lowest BCUT2D eigenvalue weighted by Crippen LogP contribution is -1.99. The van der Waals surface area contributed by atoms with Crippen LogP contribution in [-0.2, 0) is 13.6 Å². The fraction of sp³-hybridized carbons (Fsp3) is 0.273. The zero-order chi connectivity index (χ0) is 11.5. The van der Waals surface area contributed by atoms with Crippen molar-refractivity contribution in [3.63, 3.8) is 0 Å². The maximum atomic E-state index is 5.73. The number of hydrogen-bond acceptors (Lipinski definition) is 4. The molecule has 0 unspecified atom stereocenters. The van der Waals surface area contributed by atoms with Gasteiger partial charge in [0, 0.05) is 18.5 Å².